The number of hydrogen-bond donors (Lipinski definition) is 1. The molecule has 1 amide bonds. The van der Waals surface area contributed by atoms with E-state index in [1.54, 1.807) is 44.4 Å². The Morgan fingerprint density at radius 1 is 1.17 bits per heavy atom. The molecule has 0 heterocycles. The largest absolute Gasteiger partial charge is 0.493 e. The number of carbonyl (C=O) groups excluding carboxylic acids is 1. The summed E-state index contributed by atoms with van der Waals surface area (Å²) in [6.45, 7) is 1.80. The first-order valence-corrected chi connectivity index (χ1v) is 7.01. The maximum atomic E-state index is 13.2. The van der Waals surface area contributed by atoms with Crippen LogP contribution in [0.25, 0.3) is 6.08 Å². The lowest BCUT2D eigenvalue weighted by Gasteiger charge is -2.10. The first kappa shape index (κ1) is 16.5. The molecule has 0 bridgehead atoms. The lowest BCUT2D eigenvalue weighted by atomic mass is 10.1. The van der Waals surface area contributed by atoms with Gasteiger partial charge in [-0.15, -0.1) is 0 Å². The molecule has 5 heteroatoms. The number of carbonyl (C=O) groups is 1. The van der Waals surface area contributed by atoms with Gasteiger partial charge in [-0.1, -0.05) is 18.2 Å². The predicted octanol–water partition coefficient (Wildman–Crippen LogP) is 3.80. The molecule has 2 aromatic rings. The minimum atomic E-state index is -0.399. The normalized spacial score (nSPS) is 10.6. The van der Waals surface area contributed by atoms with Crippen molar-refractivity contribution in [3.63, 3.8) is 0 Å². The zero-order valence-corrected chi connectivity index (χ0v) is 13.2. The third-order valence-corrected chi connectivity index (χ3v) is 3.31. The van der Waals surface area contributed by atoms with Crippen LogP contribution >= 0.6 is 0 Å². The van der Waals surface area contributed by atoms with Crippen molar-refractivity contribution in [1.29, 1.82) is 0 Å². The van der Waals surface area contributed by atoms with E-state index >= 15 is 0 Å². The van der Waals surface area contributed by atoms with Crippen LogP contribution in [0.4, 0.5) is 10.1 Å². The van der Waals surface area contributed by atoms with Crippen molar-refractivity contribution < 1.29 is 18.7 Å². The second-order valence-electron chi connectivity index (χ2n) is 4.86. The van der Waals surface area contributed by atoms with Crippen LogP contribution in [0.3, 0.4) is 0 Å². The molecule has 0 saturated heterocycles. The smallest absolute Gasteiger partial charge is 0.248 e. The molecule has 0 aliphatic carbocycles. The summed E-state index contributed by atoms with van der Waals surface area (Å²) in [6.07, 6.45) is 2.98. The fourth-order valence-electron chi connectivity index (χ4n) is 2.11. The van der Waals surface area contributed by atoms with Crippen molar-refractivity contribution in [1.82, 2.24) is 0 Å². The number of aryl methyl sites for hydroxylation is 1. The summed E-state index contributed by atoms with van der Waals surface area (Å²) in [5.41, 5.74) is 1.93. The number of para-hydroxylation sites is 1. The van der Waals surface area contributed by atoms with Crippen LogP contribution in [-0.2, 0) is 4.79 Å². The Morgan fingerprint density at radius 2 is 1.96 bits per heavy atom. The third-order valence-electron chi connectivity index (χ3n) is 3.31. The summed E-state index contributed by atoms with van der Waals surface area (Å²) in [7, 11) is 3.08. The highest BCUT2D eigenvalue weighted by molar-refractivity contribution is 6.02. The maximum Gasteiger partial charge on any atom is 0.248 e. The lowest BCUT2D eigenvalue weighted by Crippen LogP contribution is -2.09. The van der Waals surface area contributed by atoms with E-state index in [0.717, 1.165) is 5.56 Å². The van der Waals surface area contributed by atoms with Crippen LogP contribution in [0.5, 0.6) is 11.5 Å². The lowest BCUT2D eigenvalue weighted by molar-refractivity contribution is -0.111. The van der Waals surface area contributed by atoms with E-state index in [2.05, 4.69) is 5.32 Å². The van der Waals surface area contributed by atoms with Crippen LogP contribution in [0.2, 0.25) is 0 Å². The molecular weight excluding hydrogens is 297 g/mol. The van der Waals surface area contributed by atoms with Crippen molar-refractivity contribution in [3.8, 4) is 11.5 Å². The molecule has 0 aromatic heterocycles. The van der Waals surface area contributed by atoms with Crippen LogP contribution < -0.4 is 14.8 Å². The number of nitrogens with one attached hydrogen (secondary N) is 1. The van der Waals surface area contributed by atoms with Gasteiger partial charge in [-0.25, -0.2) is 4.39 Å². The molecule has 2 rings (SSSR count). The Kier molecular flexibility index (Phi) is 5.36. The number of methoxy groups -OCH3 is 2. The average molecular weight is 315 g/mol. The fourth-order valence-corrected chi connectivity index (χ4v) is 2.11. The van der Waals surface area contributed by atoms with Crippen molar-refractivity contribution in [2.75, 3.05) is 19.5 Å². The molecule has 1 N–H and O–H groups in total. The molecule has 0 unspecified atom stereocenters. The zero-order valence-electron chi connectivity index (χ0n) is 13.2. The number of ether oxygens (including phenoxy) is 2. The van der Waals surface area contributed by atoms with Crippen LogP contribution in [0.15, 0.2) is 42.5 Å². The minimum Gasteiger partial charge on any atom is -0.493 e. The number of benzene rings is 2. The van der Waals surface area contributed by atoms with Crippen molar-refractivity contribution >= 4 is 17.7 Å². The molecule has 0 spiro atoms. The van der Waals surface area contributed by atoms with Gasteiger partial charge >= 0.3 is 0 Å². The van der Waals surface area contributed by atoms with Gasteiger partial charge in [0.25, 0.3) is 0 Å². The van der Waals surface area contributed by atoms with E-state index in [1.165, 1.54) is 25.3 Å². The van der Waals surface area contributed by atoms with E-state index in [9.17, 15) is 9.18 Å². The molecule has 23 heavy (non-hydrogen) atoms. The van der Waals surface area contributed by atoms with E-state index in [0.29, 0.717) is 22.7 Å². The number of rotatable bonds is 5. The van der Waals surface area contributed by atoms with Crippen molar-refractivity contribution in [2.45, 2.75) is 6.92 Å². The first-order valence-electron chi connectivity index (χ1n) is 7.01. The number of anilines is 1. The highest BCUT2D eigenvalue weighted by Gasteiger charge is 2.08. The molecular formula is C18H18FNO3. The van der Waals surface area contributed by atoms with Gasteiger partial charge in [-0.2, -0.15) is 0 Å². The summed E-state index contributed by atoms with van der Waals surface area (Å²) in [6, 6.07) is 9.62. The molecule has 0 saturated carbocycles. The maximum absolute atomic E-state index is 13.2. The van der Waals surface area contributed by atoms with Gasteiger partial charge in [0.15, 0.2) is 11.5 Å². The van der Waals surface area contributed by atoms with E-state index in [1.807, 2.05) is 0 Å². The Balaban J connectivity index is 2.17. The summed E-state index contributed by atoms with van der Waals surface area (Å²) in [4.78, 5) is 12.0. The van der Waals surface area contributed by atoms with Gasteiger partial charge in [0, 0.05) is 17.3 Å². The highest BCUT2D eigenvalue weighted by atomic mass is 19.1. The van der Waals surface area contributed by atoms with Gasteiger partial charge in [-0.3, -0.25) is 4.79 Å². The minimum absolute atomic E-state index is 0.358. The van der Waals surface area contributed by atoms with E-state index in [-0.39, 0.29) is 5.91 Å². The third kappa shape index (κ3) is 4.10. The quantitative estimate of drug-likeness (QED) is 0.854. The van der Waals surface area contributed by atoms with Gasteiger partial charge in [0.05, 0.1) is 14.2 Å². The van der Waals surface area contributed by atoms with Gasteiger partial charge in [-0.05, 0) is 36.8 Å². The van der Waals surface area contributed by atoms with Gasteiger partial charge < -0.3 is 14.8 Å². The molecule has 0 aliphatic heterocycles. The summed E-state index contributed by atoms with van der Waals surface area (Å²) < 4.78 is 23.7. The average Bonchev–Trinajstić information content (AvgIpc) is 2.55. The Bertz CT molecular complexity index is 741. The van der Waals surface area contributed by atoms with Crippen LogP contribution in [0.1, 0.15) is 11.1 Å². The number of hydrogen-bond acceptors (Lipinski definition) is 3. The summed E-state index contributed by atoms with van der Waals surface area (Å²) in [5.74, 6) is 0.366. The first-order chi connectivity index (χ1) is 11.0. The zero-order chi connectivity index (χ0) is 16.8. The van der Waals surface area contributed by atoms with Crippen LogP contribution in [0, 0.1) is 12.7 Å². The topological polar surface area (TPSA) is 47.6 Å². The van der Waals surface area contributed by atoms with E-state index in [4.69, 9.17) is 9.47 Å². The van der Waals surface area contributed by atoms with E-state index < -0.39 is 5.82 Å². The Morgan fingerprint density at radius 3 is 2.65 bits per heavy atom. The Hall–Kier alpha value is -2.82. The second-order valence-corrected chi connectivity index (χ2v) is 4.86. The monoisotopic (exact) mass is 315 g/mol. The molecule has 120 valence electrons. The SMILES string of the molecule is COc1cccc(/C=C/C(=O)Nc2cc(F)ccc2C)c1OC. The number of halogens is 1. The summed E-state index contributed by atoms with van der Waals surface area (Å²) in [5, 5.41) is 2.65. The molecule has 0 fully saturated rings. The van der Waals surface area contributed by atoms with Crippen LogP contribution in [-0.4, -0.2) is 20.1 Å². The van der Waals surface area contributed by atoms with Crippen molar-refractivity contribution in [3.05, 3.63) is 59.4 Å². The summed E-state index contributed by atoms with van der Waals surface area (Å²) >= 11 is 0. The molecule has 2 aromatic carbocycles. The van der Waals surface area contributed by atoms with Gasteiger partial charge in [0.1, 0.15) is 5.82 Å². The highest BCUT2D eigenvalue weighted by Crippen LogP contribution is 2.31. The number of amides is 1. The predicted molar refractivity (Wildman–Crippen MR) is 88.3 cm³/mol. The molecule has 4 nitrogen and oxygen atoms in total. The van der Waals surface area contributed by atoms with Crippen molar-refractivity contribution in [2.24, 2.45) is 0 Å². The second kappa shape index (κ2) is 7.45. The standard InChI is InChI=1S/C18H18FNO3/c1-12-7-9-14(19)11-15(12)20-17(21)10-8-13-5-4-6-16(22-2)18(13)23-3/h4-11H,1-3H3,(H,20,21)/b10-8+. The fraction of sp³-hybridized carbons (Fsp3) is 0.167. The Labute approximate surface area is 134 Å². The molecule has 0 radical (unpaired) electrons. The molecule has 0 aliphatic rings. The van der Waals surface area contributed by atoms with Gasteiger partial charge in [0.2, 0.25) is 5.91 Å². The molecule has 0 atom stereocenters.